The predicted octanol–water partition coefficient (Wildman–Crippen LogP) is 4.17. The molecule has 2 aromatic carbocycles. The van der Waals surface area contributed by atoms with Gasteiger partial charge in [0, 0.05) is 23.6 Å². The smallest absolute Gasteiger partial charge is 0.406 e. The average molecular weight is 490 g/mol. The van der Waals surface area contributed by atoms with Crippen LogP contribution in [0.2, 0.25) is 5.02 Å². The highest BCUT2D eigenvalue weighted by atomic mass is 35.5. The summed E-state index contributed by atoms with van der Waals surface area (Å²) in [6, 6.07) is 10.3. The fourth-order valence-electron chi connectivity index (χ4n) is 2.53. The van der Waals surface area contributed by atoms with Gasteiger partial charge in [-0.05, 0) is 48.5 Å². The molecule has 13 heteroatoms. The minimum Gasteiger partial charge on any atom is -0.406 e. The molecular weight excluding hydrogens is 475 g/mol. The van der Waals surface area contributed by atoms with Crippen LogP contribution in [0.5, 0.6) is 5.75 Å². The molecule has 0 bridgehead atoms. The van der Waals surface area contributed by atoms with Crippen LogP contribution in [0.3, 0.4) is 0 Å². The molecule has 3 rings (SSSR count). The Morgan fingerprint density at radius 3 is 2.38 bits per heavy atom. The van der Waals surface area contributed by atoms with Gasteiger partial charge in [0.2, 0.25) is 11.8 Å². The van der Waals surface area contributed by atoms with Crippen molar-refractivity contribution in [3.63, 3.8) is 0 Å². The Bertz CT molecular complexity index is 1180. The maximum atomic E-state index is 12.4. The van der Waals surface area contributed by atoms with Gasteiger partial charge in [-0.2, -0.15) is 4.98 Å². The summed E-state index contributed by atoms with van der Waals surface area (Å²) in [6.07, 6.45) is -4.84. The number of anilines is 1. The number of carbonyl (C=O) groups excluding carboxylic acids is 1. The number of alkyl halides is 3. The summed E-state index contributed by atoms with van der Waals surface area (Å²) in [7, 11) is -3.71. The second-order valence-electron chi connectivity index (χ2n) is 6.44. The maximum Gasteiger partial charge on any atom is 0.573 e. The Hall–Kier alpha value is -3.12. The number of ether oxygens (including phenoxy) is 1. The Labute approximate surface area is 185 Å². The first-order valence-electron chi connectivity index (χ1n) is 8.96. The summed E-state index contributed by atoms with van der Waals surface area (Å²) in [4.78, 5) is 16.1. The quantitative estimate of drug-likeness (QED) is 0.505. The number of sulfone groups is 1. The van der Waals surface area contributed by atoms with Gasteiger partial charge >= 0.3 is 6.36 Å². The molecule has 0 fully saturated rings. The van der Waals surface area contributed by atoms with Crippen LogP contribution in [0.4, 0.5) is 18.9 Å². The van der Waals surface area contributed by atoms with E-state index in [1.807, 2.05) is 0 Å². The van der Waals surface area contributed by atoms with Gasteiger partial charge in [-0.15, -0.1) is 13.2 Å². The highest BCUT2D eigenvalue weighted by Gasteiger charge is 2.31. The molecule has 1 amide bonds. The summed E-state index contributed by atoms with van der Waals surface area (Å²) < 4.78 is 70.0. The van der Waals surface area contributed by atoms with E-state index in [1.54, 1.807) is 0 Å². The second-order valence-corrected chi connectivity index (χ2v) is 8.86. The molecule has 32 heavy (non-hydrogen) atoms. The van der Waals surface area contributed by atoms with Crippen LogP contribution >= 0.6 is 11.6 Å². The second kappa shape index (κ2) is 9.57. The first-order chi connectivity index (χ1) is 15.0. The van der Waals surface area contributed by atoms with E-state index in [9.17, 15) is 26.4 Å². The van der Waals surface area contributed by atoms with Gasteiger partial charge in [-0.25, -0.2) is 8.42 Å². The molecule has 0 unspecified atom stereocenters. The number of aromatic nitrogens is 2. The van der Waals surface area contributed by atoms with E-state index in [1.165, 1.54) is 36.4 Å². The van der Waals surface area contributed by atoms with Gasteiger partial charge in [-0.3, -0.25) is 4.79 Å². The van der Waals surface area contributed by atoms with Crippen LogP contribution in [-0.4, -0.2) is 30.8 Å². The third-order valence-electron chi connectivity index (χ3n) is 3.94. The van der Waals surface area contributed by atoms with Crippen molar-refractivity contribution >= 4 is 33.0 Å². The zero-order valence-electron chi connectivity index (χ0n) is 16.1. The Kier molecular flexibility index (Phi) is 7.04. The molecule has 3 aromatic rings. The molecule has 0 saturated heterocycles. The third kappa shape index (κ3) is 6.95. The minimum absolute atomic E-state index is 0.0368. The van der Waals surface area contributed by atoms with Crippen LogP contribution in [0.1, 0.15) is 18.1 Å². The highest BCUT2D eigenvalue weighted by Crippen LogP contribution is 2.24. The van der Waals surface area contributed by atoms with Crippen molar-refractivity contribution < 1.29 is 35.6 Å². The van der Waals surface area contributed by atoms with Crippen molar-refractivity contribution in [3.05, 3.63) is 65.3 Å². The number of nitrogens with one attached hydrogen (secondary N) is 1. The number of hydrogen-bond acceptors (Lipinski definition) is 7. The predicted molar refractivity (Wildman–Crippen MR) is 107 cm³/mol. The summed E-state index contributed by atoms with van der Waals surface area (Å²) in [5.74, 6) is -1.35. The van der Waals surface area contributed by atoms with Gasteiger partial charge in [0.25, 0.3) is 0 Å². The van der Waals surface area contributed by atoms with Crippen LogP contribution in [0.25, 0.3) is 0 Å². The standard InChI is InChI=1S/C19H15ClF3N3O5S/c20-12-1-7-15(8-2-12)32(28,29)11-16-25-18(31-26-16)10-9-17(27)24-13-3-5-14(6-4-13)30-19(21,22)23/h1-8H,9-11H2,(H,24,27). The summed E-state index contributed by atoms with van der Waals surface area (Å²) in [5, 5.41) is 6.52. The highest BCUT2D eigenvalue weighted by molar-refractivity contribution is 7.90. The Morgan fingerprint density at radius 2 is 1.75 bits per heavy atom. The van der Waals surface area contributed by atoms with Crippen molar-refractivity contribution in [2.45, 2.75) is 29.9 Å². The zero-order chi connectivity index (χ0) is 23.4. The molecule has 1 heterocycles. The van der Waals surface area contributed by atoms with Gasteiger partial charge in [0.15, 0.2) is 15.7 Å². The average Bonchev–Trinajstić information content (AvgIpc) is 3.14. The molecular formula is C19H15ClF3N3O5S. The lowest BCUT2D eigenvalue weighted by molar-refractivity contribution is -0.274. The van der Waals surface area contributed by atoms with Gasteiger partial charge in [0.1, 0.15) is 11.5 Å². The zero-order valence-corrected chi connectivity index (χ0v) is 17.7. The lowest BCUT2D eigenvalue weighted by Gasteiger charge is -2.09. The SMILES string of the molecule is O=C(CCc1nc(CS(=O)(=O)c2ccc(Cl)cc2)no1)Nc1ccc(OC(F)(F)F)cc1. The molecule has 1 aromatic heterocycles. The number of nitrogens with zero attached hydrogens (tertiary/aromatic N) is 2. The third-order valence-corrected chi connectivity index (χ3v) is 5.82. The number of halogens is 4. The number of benzene rings is 2. The summed E-state index contributed by atoms with van der Waals surface area (Å²) in [6.45, 7) is 0. The molecule has 1 N–H and O–H groups in total. The first kappa shape index (κ1) is 23.5. The Balaban J connectivity index is 1.51. The normalized spacial score (nSPS) is 11.9. The van der Waals surface area contributed by atoms with E-state index in [-0.39, 0.29) is 35.1 Å². The van der Waals surface area contributed by atoms with E-state index < -0.39 is 33.6 Å². The molecule has 0 saturated carbocycles. The topological polar surface area (TPSA) is 111 Å². The van der Waals surface area contributed by atoms with Crippen molar-refractivity contribution in [2.75, 3.05) is 5.32 Å². The fraction of sp³-hybridized carbons (Fsp3) is 0.211. The van der Waals surface area contributed by atoms with Crippen LogP contribution in [-0.2, 0) is 26.8 Å². The number of amides is 1. The minimum atomic E-state index is -4.80. The fourth-order valence-corrected chi connectivity index (χ4v) is 3.83. The van der Waals surface area contributed by atoms with Crippen LogP contribution < -0.4 is 10.1 Å². The molecule has 0 radical (unpaired) electrons. The van der Waals surface area contributed by atoms with E-state index in [4.69, 9.17) is 16.1 Å². The van der Waals surface area contributed by atoms with E-state index in [0.717, 1.165) is 12.1 Å². The number of hydrogen-bond donors (Lipinski definition) is 1. The van der Waals surface area contributed by atoms with Gasteiger partial charge in [-0.1, -0.05) is 16.8 Å². The van der Waals surface area contributed by atoms with Crippen molar-refractivity contribution in [1.29, 1.82) is 0 Å². The van der Waals surface area contributed by atoms with E-state index in [2.05, 4.69) is 20.2 Å². The monoisotopic (exact) mass is 489 g/mol. The van der Waals surface area contributed by atoms with Crippen LogP contribution in [0, 0.1) is 0 Å². The molecule has 0 aliphatic carbocycles. The van der Waals surface area contributed by atoms with Crippen molar-refractivity contribution in [3.8, 4) is 5.75 Å². The van der Waals surface area contributed by atoms with E-state index in [0.29, 0.717) is 5.02 Å². The maximum absolute atomic E-state index is 12.4. The van der Waals surface area contributed by atoms with Gasteiger partial charge in [0.05, 0.1) is 4.90 Å². The number of rotatable bonds is 8. The first-order valence-corrected chi connectivity index (χ1v) is 11.0. The lowest BCUT2D eigenvalue weighted by Crippen LogP contribution is -2.17. The van der Waals surface area contributed by atoms with Crippen LogP contribution in [0.15, 0.2) is 57.9 Å². The summed E-state index contributed by atoms with van der Waals surface area (Å²) in [5.41, 5.74) is 0.268. The Morgan fingerprint density at radius 1 is 1.09 bits per heavy atom. The lowest BCUT2D eigenvalue weighted by atomic mass is 10.2. The molecule has 170 valence electrons. The number of carbonyl (C=O) groups is 1. The molecule has 0 aliphatic heterocycles. The van der Waals surface area contributed by atoms with E-state index >= 15 is 0 Å². The molecule has 0 atom stereocenters. The molecule has 0 spiro atoms. The molecule has 8 nitrogen and oxygen atoms in total. The largest absolute Gasteiger partial charge is 0.573 e. The summed E-state index contributed by atoms with van der Waals surface area (Å²) >= 11 is 5.75. The van der Waals surface area contributed by atoms with Gasteiger partial charge < -0.3 is 14.6 Å². The number of aryl methyl sites for hydroxylation is 1. The van der Waals surface area contributed by atoms with Crippen molar-refractivity contribution in [2.24, 2.45) is 0 Å². The van der Waals surface area contributed by atoms with Crippen molar-refractivity contribution in [1.82, 2.24) is 10.1 Å². The molecule has 0 aliphatic rings.